The van der Waals surface area contributed by atoms with Crippen LogP contribution >= 0.6 is 24.0 Å². The van der Waals surface area contributed by atoms with E-state index in [1.807, 2.05) is 31.2 Å². The van der Waals surface area contributed by atoms with Gasteiger partial charge in [0.05, 0.1) is 0 Å². The molecule has 160 valence electrons. The van der Waals surface area contributed by atoms with E-state index in [2.05, 4.69) is 41.7 Å². The first-order valence-corrected chi connectivity index (χ1v) is 9.90. The van der Waals surface area contributed by atoms with Gasteiger partial charge in [0.15, 0.2) is 12.6 Å². The Morgan fingerprint density at radius 1 is 1.18 bits per heavy atom. The van der Waals surface area contributed by atoms with Crippen molar-refractivity contribution < 1.29 is 9.53 Å². The number of amides is 1. The molecule has 0 aliphatic rings. The number of hydrogen-bond donors (Lipinski definition) is 3. The van der Waals surface area contributed by atoms with E-state index in [1.165, 1.54) is 12.8 Å². The van der Waals surface area contributed by atoms with Gasteiger partial charge in [-0.3, -0.25) is 9.79 Å². The highest BCUT2D eigenvalue weighted by Gasteiger charge is 2.07. The van der Waals surface area contributed by atoms with Crippen LogP contribution in [-0.2, 0) is 11.3 Å². The van der Waals surface area contributed by atoms with Crippen molar-refractivity contribution in [3.63, 3.8) is 0 Å². The lowest BCUT2D eigenvalue weighted by atomic mass is 10.0. The number of nitrogens with zero attached hydrogens (tertiary/aromatic N) is 1. The first-order valence-electron chi connectivity index (χ1n) is 9.90. The Morgan fingerprint density at radius 2 is 1.93 bits per heavy atom. The van der Waals surface area contributed by atoms with Gasteiger partial charge in [0, 0.05) is 26.2 Å². The molecule has 0 aliphatic carbocycles. The van der Waals surface area contributed by atoms with Crippen molar-refractivity contribution in [2.24, 2.45) is 10.9 Å². The van der Waals surface area contributed by atoms with E-state index >= 15 is 0 Å². The summed E-state index contributed by atoms with van der Waals surface area (Å²) in [5, 5.41) is 9.48. The quantitative estimate of drug-likeness (QED) is 0.244. The molecule has 0 aliphatic heterocycles. The number of likely N-dealkylation sites (N-methyl/N-ethyl adjacent to an activating group) is 1. The second-order valence-corrected chi connectivity index (χ2v) is 7.19. The average Bonchev–Trinajstić information content (AvgIpc) is 2.63. The zero-order valence-electron chi connectivity index (χ0n) is 17.9. The number of aliphatic imine (C=N–C) groups is 1. The lowest BCUT2D eigenvalue weighted by Crippen LogP contribution is -2.41. The molecule has 28 heavy (non-hydrogen) atoms. The number of ether oxygens (including phenoxy) is 1. The van der Waals surface area contributed by atoms with E-state index in [-0.39, 0.29) is 36.5 Å². The highest BCUT2D eigenvalue weighted by atomic mass is 127. The van der Waals surface area contributed by atoms with Gasteiger partial charge in [-0.05, 0) is 43.9 Å². The van der Waals surface area contributed by atoms with Gasteiger partial charge in [0.1, 0.15) is 5.75 Å². The minimum atomic E-state index is -0.114. The lowest BCUT2D eigenvalue weighted by Gasteiger charge is -2.18. The Bertz CT molecular complexity index is 594. The third-order valence-electron chi connectivity index (χ3n) is 4.13. The van der Waals surface area contributed by atoms with Crippen molar-refractivity contribution in [2.75, 3.05) is 20.2 Å². The molecule has 0 bridgehead atoms. The fraction of sp³-hybridized carbons (Fsp3) is 0.619. The molecule has 1 unspecified atom stereocenters. The topological polar surface area (TPSA) is 74.8 Å². The maximum Gasteiger partial charge on any atom is 0.257 e. The summed E-state index contributed by atoms with van der Waals surface area (Å²) in [6.07, 6.45) is 3.59. The Morgan fingerprint density at radius 3 is 2.57 bits per heavy atom. The summed E-state index contributed by atoms with van der Waals surface area (Å²) in [6, 6.07) is 8.11. The molecule has 3 N–H and O–H groups in total. The summed E-state index contributed by atoms with van der Waals surface area (Å²) in [4.78, 5) is 15.8. The van der Waals surface area contributed by atoms with Crippen molar-refractivity contribution in [2.45, 2.75) is 59.5 Å². The van der Waals surface area contributed by atoms with Gasteiger partial charge in [-0.15, -0.1) is 24.0 Å². The van der Waals surface area contributed by atoms with Crippen LogP contribution in [0.15, 0.2) is 29.3 Å². The Balaban J connectivity index is 0.00000729. The summed E-state index contributed by atoms with van der Waals surface area (Å²) >= 11 is 0. The predicted molar refractivity (Wildman–Crippen MR) is 128 cm³/mol. The molecule has 6 nitrogen and oxygen atoms in total. The van der Waals surface area contributed by atoms with Crippen molar-refractivity contribution in [1.29, 1.82) is 0 Å². The maximum absolute atomic E-state index is 11.5. The molecule has 0 radical (unpaired) electrons. The summed E-state index contributed by atoms with van der Waals surface area (Å²) in [7, 11) is 1.78. The van der Waals surface area contributed by atoms with Gasteiger partial charge in [-0.1, -0.05) is 38.8 Å². The third kappa shape index (κ3) is 12.0. The van der Waals surface area contributed by atoms with Crippen LogP contribution in [-0.4, -0.2) is 38.1 Å². The monoisotopic (exact) mass is 504 g/mol. The number of hydrogen-bond acceptors (Lipinski definition) is 3. The molecule has 0 spiro atoms. The van der Waals surface area contributed by atoms with Crippen molar-refractivity contribution >= 4 is 35.8 Å². The predicted octanol–water partition coefficient (Wildman–Crippen LogP) is 3.70. The Kier molecular flexibility index (Phi) is 14.6. The SMILES string of the molecule is CCNC(=O)COc1cccc(CNC(=NC)NC(C)CCCC(C)C)c1.I. The molecule has 1 aromatic rings. The minimum absolute atomic E-state index is 0. The van der Waals surface area contributed by atoms with E-state index < -0.39 is 0 Å². The van der Waals surface area contributed by atoms with Crippen LogP contribution < -0.4 is 20.7 Å². The fourth-order valence-corrected chi connectivity index (χ4v) is 2.66. The zero-order chi connectivity index (χ0) is 20.1. The van der Waals surface area contributed by atoms with Gasteiger partial charge in [0.2, 0.25) is 0 Å². The van der Waals surface area contributed by atoms with Gasteiger partial charge in [-0.2, -0.15) is 0 Å². The molecule has 1 aromatic carbocycles. The molecule has 0 saturated heterocycles. The minimum Gasteiger partial charge on any atom is -0.484 e. The van der Waals surface area contributed by atoms with Crippen LogP contribution in [0.25, 0.3) is 0 Å². The number of rotatable bonds is 11. The van der Waals surface area contributed by atoms with Gasteiger partial charge >= 0.3 is 0 Å². The van der Waals surface area contributed by atoms with E-state index in [4.69, 9.17) is 4.74 Å². The first-order chi connectivity index (χ1) is 12.9. The van der Waals surface area contributed by atoms with Crippen LogP contribution in [0.4, 0.5) is 0 Å². The summed E-state index contributed by atoms with van der Waals surface area (Å²) in [5.41, 5.74) is 1.07. The van der Waals surface area contributed by atoms with Crippen LogP contribution in [0.3, 0.4) is 0 Å². The standard InChI is InChI=1S/C21H36N4O2.HI/c1-6-23-20(26)15-27-19-12-8-11-18(13-19)14-24-21(22-5)25-17(4)10-7-9-16(2)3;/h8,11-13,16-17H,6-7,9-10,14-15H2,1-5H3,(H,23,26)(H2,22,24,25);1H. The van der Waals surface area contributed by atoms with Crippen LogP contribution in [0.2, 0.25) is 0 Å². The third-order valence-corrected chi connectivity index (χ3v) is 4.13. The number of carbonyl (C=O) groups is 1. The van der Waals surface area contributed by atoms with Crippen molar-refractivity contribution in [1.82, 2.24) is 16.0 Å². The molecule has 0 heterocycles. The number of guanidine groups is 1. The molecule has 0 saturated carbocycles. The molecule has 7 heteroatoms. The number of benzene rings is 1. The number of halogens is 1. The summed E-state index contributed by atoms with van der Waals surface area (Å²) < 4.78 is 5.54. The van der Waals surface area contributed by atoms with E-state index in [0.29, 0.717) is 24.9 Å². The highest BCUT2D eigenvalue weighted by molar-refractivity contribution is 14.0. The Labute approximate surface area is 187 Å². The average molecular weight is 504 g/mol. The van der Waals surface area contributed by atoms with Crippen molar-refractivity contribution in [3.8, 4) is 5.75 Å². The summed E-state index contributed by atoms with van der Waals surface area (Å²) in [6.45, 7) is 9.85. The molecule has 0 fully saturated rings. The van der Waals surface area contributed by atoms with Crippen LogP contribution in [0, 0.1) is 5.92 Å². The van der Waals surface area contributed by atoms with Crippen LogP contribution in [0.1, 0.15) is 52.5 Å². The summed E-state index contributed by atoms with van der Waals surface area (Å²) in [5.74, 6) is 2.11. The van der Waals surface area contributed by atoms with Gasteiger partial charge in [0.25, 0.3) is 5.91 Å². The van der Waals surface area contributed by atoms with Gasteiger partial charge < -0.3 is 20.7 Å². The number of nitrogens with one attached hydrogen (secondary N) is 3. The second-order valence-electron chi connectivity index (χ2n) is 7.19. The molecule has 0 aromatic heterocycles. The van der Waals surface area contributed by atoms with E-state index in [9.17, 15) is 4.79 Å². The fourth-order valence-electron chi connectivity index (χ4n) is 2.66. The van der Waals surface area contributed by atoms with Crippen molar-refractivity contribution in [3.05, 3.63) is 29.8 Å². The van der Waals surface area contributed by atoms with E-state index in [1.54, 1.807) is 7.05 Å². The highest BCUT2D eigenvalue weighted by Crippen LogP contribution is 2.13. The Hall–Kier alpha value is -1.51. The zero-order valence-corrected chi connectivity index (χ0v) is 20.2. The largest absolute Gasteiger partial charge is 0.484 e. The molecule has 1 rings (SSSR count). The second kappa shape index (κ2) is 15.4. The molecular formula is C21H37IN4O2. The first kappa shape index (κ1) is 26.5. The molecule has 1 amide bonds. The number of carbonyl (C=O) groups excluding carboxylic acids is 1. The lowest BCUT2D eigenvalue weighted by molar-refractivity contribution is -0.122. The maximum atomic E-state index is 11.5. The van der Waals surface area contributed by atoms with Gasteiger partial charge in [-0.25, -0.2) is 0 Å². The van der Waals surface area contributed by atoms with Crippen LogP contribution in [0.5, 0.6) is 5.75 Å². The molecule has 1 atom stereocenters. The molecular weight excluding hydrogens is 467 g/mol. The smallest absolute Gasteiger partial charge is 0.257 e. The normalized spacial score (nSPS) is 12.1. The van der Waals surface area contributed by atoms with E-state index in [0.717, 1.165) is 23.9 Å².